The zero-order chi connectivity index (χ0) is 27.3. The van der Waals surface area contributed by atoms with Crippen LogP contribution in [-0.2, 0) is 4.74 Å². The van der Waals surface area contributed by atoms with Crippen LogP contribution in [0.3, 0.4) is 0 Å². The molecule has 0 saturated heterocycles. The predicted octanol–water partition coefficient (Wildman–Crippen LogP) is 8.38. The molecule has 0 bridgehead atoms. The summed E-state index contributed by atoms with van der Waals surface area (Å²) in [5.41, 5.74) is 14.2. The molecule has 5 rings (SSSR count). The SMILES string of the molecule is CC(C)CCC[C@@H](C)[C@H]1CC[C@H]2[C@@H]3CCC4CCCC(OC(C)C5(N)C=C(N)C=CC5)[C@]4(C)[C@H]3CC[C@]12C. The molecular formula is C35H60N2O. The quantitative estimate of drug-likeness (QED) is 0.335. The predicted molar refractivity (Wildman–Crippen MR) is 160 cm³/mol. The lowest BCUT2D eigenvalue weighted by Crippen LogP contribution is -2.60. The third kappa shape index (κ3) is 4.95. The molecule has 0 heterocycles. The first-order valence-corrected chi connectivity index (χ1v) is 16.6. The van der Waals surface area contributed by atoms with Crippen molar-refractivity contribution in [2.45, 2.75) is 143 Å². The second kappa shape index (κ2) is 10.9. The number of hydrogen-bond acceptors (Lipinski definition) is 3. The van der Waals surface area contributed by atoms with Crippen molar-refractivity contribution >= 4 is 0 Å². The van der Waals surface area contributed by atoms with Gasteiger partial charge in [-0.25, -0.2) is 0 Å². The molecule has 0 aromatic heterocycles. The summed E-state index contributed by atoms with van der Waals surface area (Å²) in [5, 5.41) is 0. The molecule has 0 radical (unpaired) electrons. The summed E-state index contributed by atoms with van der Waals surface area (Å²) >= 11 is 0. The highest BCUT2D eigenvalue weighted by Gasteiger charge is 2.62. The van der Waals surface area contributed by atoms with Gasteiger partial charge >= 0.3 is 0 Å². The van der Waals surface area contributed by atoms with E-state index < -0.39 is 5.54 Å². The van der Waals surface area contributed by atoms with Crippen LogP contribution < -0.4 is 11.5 Å². The van der Waals surface area contributed by atoms with E-state index in [-0.39, 0.29) is 11.5 Å². The summed E-state index contributed by atoms with van der Waals surface area (Å²) in [6.07, 6.45) is 24.1. The average molecular weight is 525 g/mol. The molecule has 11 atom stereocenters. The Hall–Kier alpha value is -0.800. The Morgan fingerprint density at radius 3 is 2.47 bits per heavy atom. The van der Waals surface area contributed by atoms with E-state index in [4.69, 9.17) is 16.2 Å². The molecule has 0 aromatic carbocycles. The maximum atomic E-state index is 7.10. The zero-order valence-corrected chi connectivity index (χ0v) is 25.7. The molecule has 4 saturated carbocycles. The minimum atomic E-state index is -0.494. The topological polar surface area (TPSA) is 61.3 Å². The third-order valence-corrected chi connectivity index (χ3v) is 13.2. The second-order valence-electron chi connectivity index (χ2n) is 15.6. The van der Waals surface area contributed by atoms with E-state index in [9.17, 15) is 0 Å². The lowest BCUT2D eigenvalue weighted by Gasteiger charge is -2.63. The monoisotopic (exact) mass is 524 g/mol. The minimum absolute atomic E-state index is 0.0247. The summed E-state index contributed by atoms with van der Waals surface area (Å²) in [7, 11) is 0. The van der Waals surface area contributed by atoms with E-state index in [0.717, 1.165) is 53.5 Å². The first-order valence-electron chi connectivity index (χ1n) is 16.6. The van der Waals surface area contributed by atoms with Crippen LogP contribution in [0, 0.1) is 52.3 Å². The fourth-order valence-electron chi connectivity index (χ4n) is 11.0. The molecule has 3 heteroatoms. The molecule has 38 heavy (non-hydrogen) atoms. The Morgan fingerprint density at radius 1 is 0.947 bits per heavy atom. The van der Waals surface area contributed by atoms with E-state index in [1.807, 2.05) is 6.08 Å². The molecule has 4 N–H and O–H groups in total. The van der Waals surface area contributed by atoms with Crippen LogP contribution in [0.5, 0.6) is 0 Å². The Morgan fingerprint density at radius 2 is 1.74 bits per heavy atom. The highest BCUT2D eigenvalue weighted by Crippen LogP contribution is 2.68. The van der Waals surface area contributed by atoms with Gasteiger partial charge in [0.25, 0.3) is 0 Å². The lowest BCUT2D eigenvalue weighted by molar-refractivity contribution is -0.198. The highest BCUT2D eigenvalue weighted by molar-refractivity contribution is 5.28. The van der Waals surface area contributed by atoms with Gasteiger partial charge in [0.1, 0.15) is 0 Å². The summed E-state index contributed by atoms with van der Waals surface area (Å²) in [6.45, 7) is 14.9. The van der Waals surface area contributed by atoms with Crippen LogP contribution in [-0.4, -0.2) is 17.7 Å². The Kier molecular flexibility index (Phi) is 8.22. The van der Waals surface area contributed by atoms with E-state index >= 15 is 0 Å². The second-order valence-corrected chi connectivity index (χ2v) is 15.6. The zero-order valence-electron chi connectivity index (χ0n) is 25.7. The summed E-state index contributed by atoms with van der Waals surface area (Å²) in [6, 6.07) is 0. The first-order chi connectivity index (χ1) is 18.0. The van der Waals surface area contributed by atoms with Crippen molar-refractivity contribution in [2.75, 3.05) is 0 Å². The molecule has 3 nitrogen and oxygen atoms in total. The largest absolute Gasteiger partial charge is 0.399 e. The molecule has 0 amide bonds. The van der Waals surface area contributed by atoms with E-state index in [1.54, 1.807) is 0 Å². The van der Waals surface area contributed by atoms with Crippen molar-refractivity contribution < 1.29 is 4.74 Å². The van der Waals surface area contributed by atoms with Gasteiger partial charge in [0, 0.05) is 5.70 Å². The average Bonchev–Trinajstić information content (AvgIpc) is 3.21. The minimum Gasteiger partial charge on any atom is -0.399 e. The maximum Gasteiger partial charge on any atom is 0.0770 e. The Bertz CT molecular complexity index is 894. The van der Waals surface area contributed by atoms with Crippen LogP contribution in [0.25, 0.3) is 0 Å². The van der Waals surface area contributed by atoms with Crippen molar-refractivity contribution in [3.8, 4) is 0 Å². The molecule has 4 fully saturated rings. The number of ether oxygens (including phenoxy) is 1. The van der Waals surface area contributed by atoms with Crippen LogP contribution in [0.4, 0.5) is 0 Å². The fraction of sp³-hybridized carbons (Fsp3) is 0.886. The molecule has 0 spiro atoms. The van der Waals surface area contributed by atoms with Gasteiger partial charge in [0.05, 0.1) is 17.7 Å². The molecule has 5 aliphatic rings. The molecule has 0 aromatic rings. The number of nitrogens with two attached hydrogens (primary N) is 2. The van der Waals surface area contributed by atoms with E-state index in [1.165, 1.54) is 77.0 Å². The maximum absolute atomic E-state index is 7.10. The van der Waals surface area contributed by atoms with Crippen LogP contribution >= 0.6 is 0 Å². The van der Waals surface area contributed by atoms with Gasteiger partial charge < -0.3 is 16.2 Å². The fourth-order valence-corrected chi connectivity index (χ4v) is 11.0. The van der Waals surface area contributed by atoms with Crippen LogP contribution in [0.15, 0.2) is 23.9 Å². The van der Waals surface area contributed by atoms with Crippen molar-refractivity contribution in [1.29, 1.82) is 0 Å². The van der Waals surface area contributed by atoms with Gasteiger partial charge in [-0.3, -0.25) is 0 Å². The van der Waals surface area contributed by atoms with E-state index in [0.29, 0.717) is 11.5 Å². The molecular weight excluding hydrogens is 464 g/mol. The first kappa shape index (κ1) is 28.7. The van der Waals surface area contributed by atoms with Gasteiger partial charge in [-0.05, 0) is 129 Å². The highest BCUT2D eigenvalue weighted by atomic mass is 16.5. The molecule has 0 aliphatic heterocycles. The summed E-state index contributed by atoms with van der Waals surface area (Å²) in [4.78, 5) is 0. The Labute approximate surface area is 235 Å². The van der Waals surface area contributed by atoms with Crippen LogP contribution in [0.1, 0.15) is 125 Å². The van der Waals surface area contributed by atoms with E-state index in [2.05, 4.69) is 53.7 Å². The van der Waals surface area contributed by atoms with Gasteiger partial charge in [0.15, 0.2) is 0 Å². The number of fused-ring (bicyclic) bond motifs is 5. The summed E-state index contributed by atoms with van der Waals surface area (Å²) in [5.74, 6) is 6.08. The lowest BCUT2D eigenvalue weighted by atomic mass is 9.44. The van der Waals surface area contributed by atoms with Crippen molar-refractivity contribution in [3.63, 3.8) is 0 Å². The molecule has 4 unspecified atom stereocenters. The van der Waals surface area contributed by atoms with Gasteiger partial charge in [-0.15, -0.1) is 0 Å². The van der Waals surface area contributed by atoms with Crippen LogP contribution in [0.2, 0.25) is 0 Å². The smallest absolute Gasteiger partial charge is 0.0770 e. The van der Waals surface area contributed by atoms with Crippen molar-refractivity contribution in [1.82, 2.24) is 0 Å². The molecule has 5 aliphatic carbocycles. The van der Waals surface area contributed by atoms with Crippen molar-refractivity contribution in [3.05, 3.63) is 23.9 Å². The number of hydrogen-bond donors (Lipinski definition) is 2. The van der Waals surface area contributed by atoms with Gasteiger partial charge in [-0.2, -0.15) is 0 Å². The Balaban J connectivity index is 1.33. The van der Waals surface area contributed by atoms with Gasteiger partial charge in [0.2, 0.25) is 0 Å². The summed E-state index contributed by atoms with van der Waals surface area (Å²) < 4.78 is 7.10. The van der Waals surface area contributed by atoms with Crippen molar-refractivity contribution in [2.24, 2.45) is 63.7 Å². The third-order valence-electron chi connectivity index (χ3n) is 13.2. The number of allylic oxidation sites excluding steroid dienone is 1. The molecule has 216 valence electrons. The normalized spacial score (nSPS) is 46.2. The standard InChI is InChI=1S/C35H60N2O/c1-23(2)10-7-11-24(3)29-17-18-30-28-16-15-26-12-8-14-32(34(26,6)31(28)19-21-33(29,30)5)38-25(4)35(37)20-9-13-27(36)22-35/h9,13,22-26,28-32H,7-8,10-12,14-21,36-37H2,1-6H3/t24-,25?,26?,28+,29-,30+,31+,32?,33-,34+,35?/m1/s1. The number of rotatable bonds is 8. The van der Waals surface area contributed by atoms with Gasteiger partial charge in [-0.1, -0.05) is 66.4 Å².